The van der Waals surface area contributed by atoms with Crippen molar-refractivity contribution in [3.8, 4) is 0 Å². The van der Waals surface area contributed by atoms with Gasteiger partial charge in [-0.15, -0.1) is 0 Å². The van der Waals surface area contributed by atoms with E-state index >= 15 is 0 Å². The highest BCUT2D eigenvalue weighted by atomic mass is 32.2. The van der Waals surface area contributed by atoms with Gasteiger partial charge in [0, 0.05) is 11.8 Å². The van der Waals surface area contributed by atoms with E-state index in [0.717, 1.165) is 16.7 Å². The van der Waals surface area contributed by atoms with Crippen LogP contribution in [-0.2, 0) is 16.6 Å². The molecule has 5 heteroatoms. The van der Waals surface area contributed by atoms with Crippen LogP contribution in [0.25, 0.3) is 6.08 Å². The molecule has 0 aliphatic heterocycles. The van der Waals surface area contributed by atoms with Crippen LogP contribution in [0.15, 0.2) is 90.0 Å². The maximum Gasteiger partial charge on any atom is 0.264 e. The lowest BCUT2D eigenvalue weighted by molar-refractivity contribution is 0.101. The first-order valence-electron chi connectivity index (χ1n) is 9.28. The summed E-state index contributed by atoms with van der Waals surface area (Å²) in [5.74, 6) is -0.00631. The molecule has 0 spiro atoms. The van der Waals surface area contributed by atoms with Gasteiger partial charge in [-0.25, -0.2) is 8.42 Å². The van der Waals surface area contributed by atoms with E-state index in [2.05, 4.69) is 0 Å². The monoisotopic (exact) mass is 405 g/mol. The van der Waals surface area contributed by atoms with Crippen LogP contribution < -0.4 is 0 Å². The maximum absolute atomic E-state index is 13.2. The van der Waals surface area contributed by atoms with Gasteiger partial charge in [0.2, 0.25) is 0 Å². The molecular formula is C24H23NO3S. The van der Waals surface area contributed by atoms with Crippen molar-refractivity contribution in [2.75, 3.05) is 0 Å². The minimum absolute atomic E-state index is 0.00631. The third kappa shape index (κ3) is 5.21. The first kappa shape index (κ1) is 20.6. The van der Waals surface area contributed by atoms with Crippen molar-refractivity contribution in [2.24, 2.45) is 0 Å². The molecule has 0 saturated carbocycles. The van der Waals surface area contributed by atoms with Crippen molar-refractivity contribution < 1.29 is 13.2 Å². The highest BCUT2D eigenvalue weighted by molar-refractivity contribution is 7.89. The molecule has 3 rings (SSSR count). The number of hydrogen-bond donors (Lipinski definition) is 0. The summed E-state index contributed by atoms with van der Waals surface area (Å²) in [5, 5.41) is 0. The second-order valence-corrected chi connectivity index (χ2v) is 8.73. The molecule has 4 nitrogen and oxygen atoms in total. The molecule has 0 saturated heterocycles. The van der Waals surface area contributed by atoms with Crippen molar-refractivity contribution >= 4 is 21.9 Å². The van der Waals surface area contributed by atoms with Gasteiger partial charge in [0.15, 0.2) is 5.78 Å². The average Bonchev–Trinajstić information content (AvgIpc) is 2.72. The molecule has 0 N–H and O–H groups in total. The third-order valence-corrected chi connectivity index (χ3v) is 6.30. The van der Waals surface area contributed by atoms with Gasteiger partial charge in [-0.2, -0.15) is 0 Å². The number of Topliss-reactive ketones (excluding diaryl/α,β-unsaturated/α-hetero) is 1. The molecular weight excluding hydrogens is 382 g/mol. The van der Waals surface area contributed by atoms with Gasteiger partial charge in [-0.05, 0) is 43.2 Å². The lowest BCUT2D eigenvalue weighted by atomic mass is 10.1. The molecule has 3 aromatic rings. The first-order chi connectivity index (χ1) is 13.9. The Balaban J connectivity index is 1.94. The van der Waals surface area contributed by atoms with Crippen molar-refractivity contribution in [2.45, 2.75) is 25.3 Å². The van der Waals surface area contributed by atoms with E-state index in [1.54, 1.807) is 60.8 Å². The SMILES string of the molecule is CC(=O)c1ccc(/C=C/N(Cc2ccccc2)S(=O)(=O)c2ccc(C)cc2)cc1. The number of rotatable bonds is 7. The Kier molecular flexibility index (Phi) is 6.29. The van der Waals surface area contributed by atoms with Gasteiger partial charge in [0.1, 0.15) is 0 Å². The number of aryl methyl sites for hydroxylation is 1. The molecule has 0 aromatic heterocycles. The van der Waals surface area contributed by atoms with E-state index in [-0.39, 0.29) is 17.2 Å². The topological polar surface area (TPSA) is 54.5 Å². The lowest BCUT2D eigenvalue weighted by Gasteiger charge is -2.21. The average molecular weight is 406 g/mol. The number of nitrogens with zero attached hydrogens (tertiary/aromatic N) is 1. The summed E-state index contributed by atoms with van der Waals surface area (Å²) in [7, 11) is -3.72. The van der Waals surface area contributed by atoms with E-state index in [1.165, 1.54) is 11.2 Å². The van der Waals surface area contributed by atoms with Gasteiger partial charge in [0.05, 0.1) is 11.4 Å². The zero-order valence-corrected chi connectivity index (χ0v) is 17.3. The summed E-state index contributed by atoms with van der Waals surface area (Å²) in [6.45, 7) is 3.66. The highest BCUT2D eigenvalue weighted by Crippen LogP contribution is 2.20. The molecule has 0 aliphatic rings. The number of carbonyl (C=O) groups excluding carboxylic acids is 1. The van der Waals surface area contributed by atoms with E-state index in [1.807, 2.05) is 37.3 Å². The quantitative estimate of drug-likeness (QED) is 0.516. The lowest BCUT2D eigenvalue weighted by Crippen LogP contribution is -2.25. The normalized spacial score (nSPS) is 11.5. The van der Waals surface area contributed by atoms with Gasteiger partial charge < -0.3 is 0 Å². The van der Waals surface area contributed by atoms with Crippen LogP contribution in [0.2, 0.25) is 0 Å². The Morgan fingerprint density at radius 3 is 2.10 bits per heavy atom. The molecule has 0 aliphatic carbocycles. The molecule has 0 amide bonds. The van der Waals surface area contributed by atoms with Crippen LogP contribution in [0.3, 0.4) is 0 Å². The van der Waals surface area contributed by atoms with Crippen LogP contribution >= 0.6 is 0 Å². The van der Waals surface area contributed by atoms with Crippen molar-refractivity contribution in [1.82, 2.24) is 4.31 Å². The predicted molar refractivity (Wildman–Crippen MR) is 116 cm³/mol. The molecule has 148 valence electrons. The van der Waals surface area contributed by atoms with Gasteiger partial charge in [0.25, 0.3) is 10.0 Å². The molecule has 0 unspecified atom stereocenters. The summed E-state index contributed by atoms with van der Waals surface area (Å²) in [4.78, 5) is 11.7. The Labute approximate surface area is 172 Å². The molecule has 29 heavy (non-hydrogen) atoms. The molecule has 0 bridgehead atoms. The number of benzene rings is 3. The van der Waals surface area contributed by atoms with Gasteiger partial charge in [-0.3, -0.25) is 9.10 Å². The molecule has 3 aromatic carbocycles. The summed E-state index contributed by atoms with van der Waals surface area (Å²) in [6.07, 6.45) is 3.31. The van der Waals surface area contributed by atoms with Crippen molar-refractivity contribution in [3.63, 3.8) is 0 Å². The minimum Gasteiger partial charge on any atom is -0.295 e. The summed E-state index contributed by atoms with van der Waals surface area (Å²) >= 11 is 0. The Hall–Kier alpha value is -3.18. The fourth-order valence-corrected chi connectivity index (χ4v) is 4.12. The molecule has 0 fully saturated rings. The van der Waals surface area contributed by atoms with E-state index in [4.69, 9.17) is 0 Å². The number of carbonyl (C=O) groups is 1. The Bertz CT molecular complexity index is 1100. The van der Waals surface area contributed by atoms with Gasteiger partial charge in [-0.1, -0.05) is 72.3 Å². The van der Waals surface area contributed by atoms with Crippen LogP contribution in [0.4, 0.5) is 0 Å². The Morgan fingerprint density at radius 1 is 0.897 bits per heavy atom. The third-order valence-electron chi connectivity index (χ3n) is 4.56. The van der Waals surface area contributed by atoms with Crippen molar-refractivity contribution in [3.05, 3.63) is 107 Å². The molecule has 0 radical (unpaired) electrons. The van der Waals surface area contributed by atoms with Gasteiger partial charge >= 0.3 is 0 Å². The van der Waals surface area contributed by atoms with Crippen molar-refractivity contribution in [1.29, 1.82) is 0 Å². The predicted octanol–water partition coefficient (Wildman–Crippen LogP) is 5.06. The maximum atomic E-state index is 13.2. The first-order valence-corrected chi connectivity index (χ1v) is 10.7. The van der Waals surface area contributed by atoms with E-state index in [9.17, 15) is 13.2 Å². The summed E-state index contributed by atoms with van der Waals surface area (Å²) in [6, 6.07) is 23.3. The minimum atomic E-state index is -3.72. The highest BCUT2D eigenvalue weighted by Gasteiger charge is 2.21. The molecule has 0 atom stereocenters. The second-order valence-electron chi connectivity index (χ2n) is 6.84. The van der Waals surface area contributed by atoms with Crippen LogP contribution in [0.1, 0.15) is 34.0 Å². The number of hydrogen-bond acceptors (Lipinski definition) is 3. The second kappa shape index (κ2) is 8.88. The van der Waals surface area contributed by atoms with Crippen LogP contribution in [-0.4, -0.2) is 18.5 Å². The van der Waals surface area contributed by atoms with E-state index < -0.39 is 10.0 Å². The van der Waals surface area contributed by atoms with Crippen LogP contribution in [0.5, 0.6) is 0 Å². The van der Waals surface area contributed by atoms with E-state index in [0.29, 0.717) is 5.56 Å². The zero-order valence-electron chi connectivity index (χ0n) is 16.4. The fraction of sp³-hybridized carbons (Fsp3) is 0.125. The van der Waals surface area contributed by atoms with Crippen LogP contribution in [0, 0.1) is 6.92 Å². The molecule has 0 heterocycles. The summed E-state index contributed by atoms with van der Waals surface area (Å²) in [5.41, 5.74) is 3.32. The summed E-state index contributed by atoms with van der Waals surface area (Å²) < 4.78 is 27.8. The smallest absolute Gasteiger partial charge is 0.264 e. The zero-order chi connectivity index (χ0) is 20.9. The number of ketones is 1. The number of sulfonamides is 1. The largest absolute Gasteiger partial charge is 0.295 e. The standard InChI is InChI=1S/C24H23NO3S/c1-19-8-14-24(15-9-19)29(27,28)25(18-22-6-4-3-5-7-22)17-16-21-10-12-23(13-11-21)20(2)26/h3-17H,18H2,1-2H3/b17-16+. The Morgan fingerprint density at radius 2 is 1.52 bits per heavy atom. The fourth-order valence-electron chi connectivity index (χ4n) is 2.82.